The Morgan fingerprint density at radius 2 is 1.56 bits per heavy atom. The van der Waals surface area contributed by atoms with E-state index < -0.39 is 30.2 Å². The molecule has 15 unspecified atom stereocenters. The van der Waals surface area contributed by atoms with Crippen LogP contribution in [0.5, 0.6) is 0 Å². The number of carbonyl (C=O) groups is 1. The highest BCUT2D eigenvalue weighted by Crippen LogP contribution is 2.83. The molecule has 242 valence electrons. The summed E-state index contributed by atoms with van der Waals surface area (Å²) in [7, 11) is 0. The van der Waals surface area contributed by atoms with Gasteiger partial charge in [-0.3, -0.25) is 4.79 Å². The third kappa shape index (κ3) is 3.32. The predicted molar refractivity (Wildman–Crippen MR) is 156 cm³/mol. The fraction of sp³-hybridized carbons (Fsp3) is 0.971. The standard InChI is InChI=1S/C35H54O8/c1-29(2)12-14-34-15-13-33(7)32(6)11-8-19-30(3,4)21(41-27-23(38)22(37)18(36)17-40-27)9-10-31(19,5)25(32)24-26(42-24)35(33,20(34)16-29)43-28(34)39/h18-27,36-38H,8-17H2,1-7H3. The molecule has 0 aromatic rings. The van der Waals surface area contributed by atoms with Crippen LogP contribution in [-0.4, -0.2) is 76.4 Å². The molecule has 0 aromatic heterocycles. The van der Waals surface area contributed by atoms with E-state index in [2.05, 4.69) is 48.5 Å². The summed E-state index contributed by atoms with van der Waals surface area (Å²) in [5, 5.41) is 30.8. The first-order valence-corrected chi connectivity index (χ1v) is 17.2. The van der Waals surface area contributed by atoms with Gasteiger partial charge in [0, 0.05) is 11.3 Å². The van der Waals surface area contributed by atoms with Gasteiger partial charge in [-0.25, -0.2) is 0 Å². The molecule has 5 saturated carbocycles. The van der Waals surface area contributed by atoms with Crippen LogP contribution in [0.4, 0.5) is 0 Å². The van der Waals surface area contributed by atoms with Gasteiger partial charge in [-0.05, 0) is 91.3 Å². The Bertz CT molecular complexity index is 1220. The fourth-order valence-electron chi connectivity index (χ4n) is 13.4. The van der Waals surface area contributed by atoms with Crippen molar-refractivity contribution in [3.05, 3.63) is 0 Å². The number of aliphatic hydroxyl groups excluding tert-OH is 3. The molecule has 3 saturated heterocycles. The Morgan fingerprint density at radius 3 is 2.30 bits per heavy atom. The van der Waals surface area contributed by atoms with Crippen molar-refractivity contribution in [3.8, 4) is 0 Å². The zero-order chi connectivity index (χ0) is 30.8. The Kier molecular flexibility index (Phi) is 5.90. The van der Waals surface area contributed by atoms with Gasteiger partial charge >= 0.3 is 5.97 Å². The topological polar surface area (TPSA) is 118 Å². The van der Waals surface area contributed by atoms with Gasteiger partial charge < -0.3 is 34.3 Å². The Morgan fingerprint density at radius 1 is 0.837 bits per heavy atom. The molecule has 8 rings (SSSR count). The van der Waals surface area contributed by atoms with Crippen molar-refractivity contribution in [2.75, 3.05) is 6.61 Å². The van der Waals surface area contributed by atoms with Crippen LogP contribution < -0.4 is 0 Å². The first-order valence-electron chi connectivity index (χ1n) is 17.2. The molecule has 3 N–H and O–H groups in total. The summed E-state index contributed by atoms with van der Waals surface area (Å²) >= 11 is 0. The van der Waals surface area contributed by atoms with E-state index in [1.807, 2.05) is 0 Å². The maximum atomic E-state index is 13.9. The van der Waals surface area contributed by atoms with E-state index in [4.69, 9.17) is 18.9 Å². The van der Waals surface area contributed by atoms with Gasteiger partial charge in [-0.2, -0.15) is 0 Å². The summed E-state index contributed by atoms with van der Waals surface area (Å²) in [6, 6.07) is 0. The molecule has 1 spiro atoms. The third-order valence-corrected chi connectivity index (χ3v) is 15.9. The summed E-state index contributed by atoms with van der Waals surface area (Å²) in [5.41, 5.74) is -1.03. The highest BCUT2D eigenvalue weighted by atomic mass is 16.7. The molecule has 2 bridgehead atoms. The van der Waals surface area contributed by atoms with Gasteiger partial charge in [-0.1, -0.05) is 48.5 Å². The molecule has 8 nitrogen and oxygen atoms in total. The van der Waals surface area contributed by atoms with Crippen LogP contribution in [0, 0.1) is 50.2 Å². The Labute approximate surface area is 256 Å². The molecule has 15 atom stereocenters. The van der Waals surface area contributed by atoms with Gasteiger partial charge in [0.2, 0.25) is 0 Å². The van der Waals surface area contributed by atoms with Crippen molar-refractivity contribution in [3.63, 3.8) is 0 Å². The van der Waals surface area contributed by atoms with E-state index in [0.717, 1.165) is 57.8 Å². The van der Waals surface area contributed by atoms with E-state index in [1.54, 1.807) is 0 Å². The molecule has 0 amide bonds. The smallest absolute Gasteiger partial charge is 0.313 e. The minimum atomic E-state index is -1.28. The number of fused-ring (bicyclic) bond motifs is 6. The van der Waals surface area contributed by atoms with Crippen LogP contribution in [0.1, 0.15) is 106 Å². The lowest BCUT2D eigenvalue weighted by atomic mass is 9.31. The van der Waals surface area contributed by atoms with Gasteiger partial charge in [0.05, 0.1) is 24.2 Å². The number of epoxide rings is 1. The fourth-order valence-corrected chi connectivity index (χ4v) is 13.4. The van der Waals surface area contributed by atoms with Crippen molar-refractivity contribution in [2.24, 2.45) is 50.2 Å². The molecule has 0 aromatic carbocycles. The van der Waals surface area contributed by atoms with Gasteiger partial charge in [0.25, 0.3) is 0 Å². The van der Waals surface area contributed by atoms with E-state index in [-0.39, 0.29) is 69.3 Å². The number of hydrogen-bond donors (Lipinski definition) is 3. The normalized spacial score (nSPS) is 60.8. The maximum Gasteiger partial charge on any atom is 0.313 e. The molecular weight excluding hydrogens is 548 g/mol. The van der Waals surface area contributed by atoms with Crippen LogP contribution in [-0.2, 0) is 23.7 Å². The molecular formula is C35H54O8. The number of carbonyl (C=O) groups excluding carboxylic acids is 1. The number of ether oxygens (including phenoxy) is 4. The molecule has 5 aliphatic carbocycles. The van der Waals surface area contributed by atoms with Crippen molar-refractivity contribution >= 4 is 5.97 Å². The minimum Gasteiger partial charge on any atom is -0.455 e. The molecule has 8 aliphatic rings. The first kappa shape index (κ1) is 29.6. The maximum absolute atomic E-state index is 13.9. The summed E-state index contributed by atoms with van der Waals surface area (Å²) in [6.07, 6.45) is 4.27. The molecule has 43 heavy (non-hydrogen) atoms. The third-order valence-electron chi connectivity index (χ3n) is 15.9. The predicted octanol–water partition coefficient (Wildman–Crippen LogP) is 4.36. The molecule has 3 aliphatic heterocycles. The first-order chi connectivity index (χ1) is 20.0. The summed E-state index contributed by atoms with van der Waals surface area (Å²) in [5.74, 6) is 1.02. The largest absolute Gasteiger partial charge is 0.455 e. The summed E-state index contributed by atoms with van der Waals surface area (Å²) in [6.45, 7) is 16.8. The Hall–Kier alpha value is -0.770. The molecule has 8 fully saturated rings. The number of hydrogen-bond acceptors (Lipinski definition) is 8. The van der Waals surface area contributed by atoms with Crippen LogP contribution in [0.3, 0.4) is 0 Å². The summed E-state index contributed by atoms with van der Waals surface area (Å²) < 4.78 is 25.9. The zero-order valence-corrected chi connectivity index (χ0v) is 27.2. The highest BCUT2D eigenvalue weighted by molar-refractivity contribution is 5.82. The highest BCUT2D eigenvalue weighted by Gasteiger charge is 2.89. The average Bonchev–Trinajstić information content (AvgIpc) is 3.68. The van der Waals surface area contributed by atoms with Gasteiger partial charge in [0.15, 0.2) is 11.9 Å². The van der Waals surface area contributed by atoms with Crippen LogP contribution >= 0.6 is 0 Å². The van der Waals surface area contributed by atoms with E-state index in [1.165, 1.54) is 0 Å². The SMILES string of the molecule is CC1(C)CCC23CCC4(C)C5(C)CCC6C(C)(C)C(OC7OCC(O)C(O)C7O)CCC6(C)C5C5OC5C4(OC2=O)C3C1. The number of aliphatic hydroxyl groups is 3. The van der Waals surface area contributed by atoms with Gasteiger partial charge in [-0.15, -0.1) is 0 Å². The second kappa shape index (κ2) is 8.57. The number of esters is 1. The lowest BCUT2D eigenvalue weighted by Gasteiger charge is -2.72. The minimum absolute atomic E-state index is 0.0190. The van der Waals surface area contributed by atoms with Crippen LogP contribution in [0.15, 0.2) is 0 Å². The molecule has 3 heterocycles. The lowest BCUT2D eigenvalue weighted by molar-refractivity contribution is -0.314. The van der Waals surface area contributed by atoms with E-state index in [9.17, 15) is 20.1 Å². The Balaban J connectivity index is 1.13. The second-order valence-corrected chi connectivity index (χ2v) is 18.3. The van der Waals surface area contributed by atoms with Gasteiger partial charge in [0.1, 0.15) is 24.4 Å². The van der Waals surface area contributed by atoms with Crippen molar-refractivity contribution in [1.82, 2.24) is 0 Å². The lowest BCUT2D eigenvalue weighted by Crippen LogP contribution is -2.75. The van der Waals surface area contributed by atoms with Crippen molar-refractivity contribution in [2.45, 2.75) is 155 Å². The quantitative estimate of drug-likeness (QED) is 0.243. The second-order valence-electron chi connectivity index (χ2n) is 18.3. The van der Waals surface area contributed by atoms with Crippen LogP contribution in [0.25, 0.3) is 0 Å². The summed E-state index contributed by atoms with van der Waals surface area (Å²) in [4.78, 5) is 13.9. The van der Waals surface area contributed by atoms with Crippen molar-refractivity contribution < 1.29 is 39.1 Å². The molecule has 8 heteroatoms. The van der Waals surface area contributed by atoms with E-state index in [0.29, 0.717) is 11.8 Å². The average molecular weight is 603 g/mol. The number of rotatable bonds is 2. The monoisotopic (exact) mass is 602 g/mol. The zero-order valence-electron chi connectivity index (χ0n) is 27.2. The molecule has 0 radical (unpaired) electrons. The van der Waals surface area contributed by atoms with Crippen LogP contribution in [0.2, 0.25) is 0 Å². The van der Waals surface area contributed by atoms with E-state index >= 15 is 0 Å². The van der Waals surface area contributed by atoms with Crippen molar-refractivity contribution in [1.29, 1.82) is 0 Å².